The van der Waals surface area contributed by atoms with Crippen molar-refractivity contribution in [3.63, 3.8) is 0 Å². The van der Waals surface area contributed by atoms with Gasteiger partial charge in [0.15, 0.2) is 0 Å². The zero-order valence-corrected chi connectivity index (χ0v) is 9.54. The molecule has 0 aliphatic carbocycles. The molecule has 16 heavy (non-hydrogen) atoms. The van der Waals surface area contributed by atoms with Crippen LogP contribution in [0.2, 0.25) is 0 Å². The average molecular weight is 245 g/mol. The first-order chi connectivity index (χ1) is 7.13. The number of methoxy groups -OCH3 is 1. The molecule has 0 bridgehead atoms. The number of benzene rings is 1. The Balaban J connectivity index is 0.00000225. The first kappa shape index (κ1) is 14.2. The Bertz CT molecular complexity index is 382. The molecule has 1 aromatic carbocycles. The van der Waals surface area contributed by atoms with Crippen LogP contribution in [0.4, 0.5) is 5.69 Å². The second-order valence-corrected chi connectivity index (χ2v) is 2.88. The molecule has 0 heterocycles. The number of hydrogen-bond acceptors (Lipinski definition) is 4. The maximum atomic E-state index is 11.4. The fourth-order valence-corrected chi connectivity index (χ4v) is 1.01. The van der Waals surface area contributed by atoms with Crippen LogP contribution in [0.1, 0.15) is 10.4 Å². The molecule has 1 amide bonds. The third kappa shape index (κ3) is 4.18. The molecule has 6 heteroatoms. The summed E-state index contributed by atoms with van der Waals surface area (Å²) < 4.78 is 4.38. The van der Waals surface area contributed by atoms with E-state index in [0.29, 0.717) is 11.3 Å². The Kier molecular flexibility index (Phi) is 5.95. The van der Waals surface area contributed by atoms with E-state index in [1.807, 2.05) is 0 Å². The van der Waals surface area contributed by atoms with Crippen LogP contribution < -0.4 is 11.1 Å². The molecular formula is C10H13ClN2O3. The van der Waals surface area contributed by atoms with Crippen molar-refractivity contribution in [2.24, 2.45) is 0 Å². The molecule has 0 atom stereocenters. The first-order valence-corrected chi connectivity index (χ1v) is 4.34. The number of ether oxygens (including phenoxy) is 1. The number of nitrogens with two attached hydrogens (primary N) is 1. The van der Waals surface area contributed by atoms with Gasteiger partial charge in [-0.15, -0.1) is 12.4 Å². The van der Waals surface area contributed by atoms with Crippen molar-refractivity contribution in [2.45, 2.75) is 0 Å². The smallest absolute Gasteiger partial charge is 0.325 e. The normalized spacial score (nSPS) is 8.81. The van der Waals surface area contributed by atoms with Crippen LogP contribution >= 0.6 is 12.4 Å². The third-order valence-corrected chi connectivity index (χ3v) is 1.77. The molecule has 0 saturated heterocycles. The van der Waals surface area contributed by atoms with Gasteiger partial charge < -0.3 is 15.8 Å². The average Bonchev–Trinajstić information content (AvgIpc) is 2.25. The molecule has 0 fully saturated rings. The quantitative estimate of drug-likeness (QED) is 0.602. The van der Waals surface area contributed by atoms with Gasteiger partial charge in [0, 0.05) is 11.3 Å². The van der Waals surface area contributed by atoms with Crippen LogP contribution in [0.15, 0.2) is 24.3 Å². The Hall–Kier alpha value is -1.75. The minimum Gasteiger partial charge on any atom is -0.468 e. The minimum absolute atomic E-state index is 0. The van der Waals surface area contributed by atoms with Gasteiger partial charge in [0.25, 0.3) is 5.91 Å². The number of rotatable bonds is 3. The lowest BCUT2D eigenvalue weighted by atomic mass is 10.2. The van der Waals surface area contributed by atoms with Crippen LogP contribution in [0.3, 0.4) is 0 Å². The fourth-order valence-electron chi connectivity index (χ4n) is 1.01. The summed E-state index contributed by atoms with van der Waals surface area (Å²) in [7, 11) is 1.26. The predicted octanol–water partition coefficient (Wildman–Crippen LogP) is 0.593. The fraction of sp³-hybridized carbons (Fsp3) is 0.200. The Labute approximate surface area is 99.4 Å². The first-order valence-electron chi connectivity index (χ1n) is 4.34. The largest absolute Gasteiger partial charge is 0.468 e. The maximum absolute atomic E-state index is 11.4. The van der Waals surface area contributed by atoms with Gasteiger partial charge in [0.2, 0.25) is 0 Å². The summed E-state index contributed by atoms with van der Waals surface area (Å²) in [6.45, 7) is -0.149. The van der Waals surface area contributed by atoms with Crippen LogP contribution in [0.5, 0.6) is 0 Å². The summed E-state index contributed by atoms with van der Waals surface area (Å²) in [5, 5.41) is 2.41. The van der Waals surface area contributed by atoms with Crippen LogP contribution in [0.25, 0.3) is 0 Å². The number of carbonyl (C=O) groups excluding carboxylic acids is 2. The van der Waals surface area contributed by atoms with E-state index in [1.54, 1.807) is 18.2 Å². The number of carbonyl (C=O) groups is 2. The molecule has 3 N–H and O–H groups in total. The summed E-state index contributed by atoms with van der Waals surface area (Å²) in [5.74, 6) is -0.847. The predicted molar refractivity (Wildman–Crippen MR) is 62.5 cm³/mol. The van der Waals surface area contributed by atoms with Crippen molar-refractivity contribution < 1.29 is 14.3 Å². The van der Waals surface area contributed by atoms with E-state index in [1.165, 1.54) is 13.2 Å². The van der Waals surface area contributed by atoms with Gasteiger partial charge in [-0.05, 0) is 18.2 Å². The van der Waals surface area contributed by atoms with Gasteiger partial charge in [-0.2, -0.15) is 0 Å². The number of hydrogen-bond donors (Lipinski definition) is 2. The summed E-state index contributed by atoms with van der Waals surface area (Å²) in [6.07, 6.45) is 0. The van der Waals surface area contributed by atoms with Crippen molar-refractivity contribution in [3.05, 3.63) is 29.8 Å². The molecule has 88 valence electrons. The zero-order chi connectivity index (χ0) is 11.3. The van der Waals surface area contributed by atoms with Gasteiger partial charge in [0.1, 0.15) is 6.54 Å². The van der Waals surface area contributed by atoms with Crippen LogP contribution in [-0.2, 0) is 9.53 Å². The van der Waals surface area contributed by atoms with Gasteiger partial charge in [-0.25, -0.2) is 0 Å². The minimum atomic E-state index is -0.493. The Morgan fingerprint density at radius 3 is 2.69 bits per heavy atom. The van der Waals surface area contributed by atoms with E-state index >= 15 is 0 Å². The second-order valence-electron chi connectivity index (χ2n) is 2.88. The molecule has 0 unspecified atom stereocenters. The van der Waals surface area contributed by atoms with E-state index in [9.17, 15) is 9.59 Å². The highest BCUT2D eigenvalue weighted by molar-refractivity contribution is 5.96. The van der Waals surface area contributed by atoms with Crippen molar-refractivity contribution in [1.82, 2.24) is 5.32 Å². The molecule has 0 radical (unpaired) electrons. The van der Waals surface area contributed by atoms with Gasteiger partial charge in [-0.3, -0.25) is 9.59 Å². The van der Waals surface area contributed by atoms with Crippen molar-refractivity contribution >= 4 is 30.0 Å². The number of nitrogens with one attached hydrogen (secondary N) is 1. The van der Waals surface area contributed by atoms with Crippen molar-refractivity contribution in [2.75, 3.05) is 19.4 Å². The van der Waals surface area contributed by atoms with Gasteiger partial charge in [0.05, 0.1) is 7.11 Å². The summed E-state index contributed by atoms with van der Waals surface area (Å²) in [5.41, 5.74) is 6.42. The molecule has 1 rings (SSSR count). The summed E-state index contributed by atoms with van der Waals surface area (Å²) in [6, 6.07) is 6.50. The second kappa shape index (κ2) is 6.68. The Morgan fingerprint density at radius 2 is 2.12 bits per heavy atom. The molecular weight excluding hydrogens is 232 g/mol. The highest BCUT2D eigenvalue weighted by Gasteiger charge is 2.07. The SMILES string of the molecule is COC(=O)CNC(=O)c1cccc(N)c1.Cl. The molecule has 5 nitrogen and oxygen atoms in total. The zero-order valence-electron chi connectivity index (χ0n) is 8.73. The highest BCUT2D eigenvalue weighted by Crippen LogP contribution is 2.05. The molecule has 0 spiro atoms. The number of amides is 1. The monoisotopic (exact) mass is 244 g/mol. The Morgan fingerprint density at radius 1 is 1.44 bits per heavy atom. The third-order valence-electron chi connectivity index (χ3n) is 1.77. The molecule has 0 aromatic heterocycles. The number of esters is 1. The van der Waals surface area contributed by atoms with Crippen molar-refractivity contribution in [3.8, 4) is 0 Å². The van der Waals surface area contributed by atoms with Gasteiger partial charge >= 0.3 is 5.97 Å². The lowest BCUT2D eigenvalue weighted by Crippen LogP contribution is -2.30. The maximum Gasteiger partial charge on any atom is 0.325 e. The molecule has 0 aliphatic rings. The summed E-state index contributed by atoms with van der Waals surface area (Å²) in [4.78, 5) is 22.2. The summed E-state index contributed by atoms with van der Waals surface area (Å²) >= 11 is 0. The van der Waals surface area contributed by atoms with Crippen LogP contribution in [0, 0.1) is 0 Å². The van der Waals surface area contributed by atoms with E-state index in [2.05, 4.69) is 10.1 Å². The molecule has 1 aromatic rings. The number of anilines is 1. The van der Waals surface area contributed by atoms with E-state index in [0.717, 1.165) is 0 Å². The number of nitrogen functional groups attached to an aromatic ring is 1. The highest BCUT2D eigenvalue weighted by atomic mass is 35.5. The van der Waals surface area contributed by atoms with Crippen molar-refractivity contribution in [1.29, 1.82) is 0 Å². The number of halogens is 1. The van der Waals surface area contributed by atoms with Gasteiger partial charge in [-0.1, -0.05) is 6.07 Å². The molecule has 0 aliphatic heterocycles. The molecule has 0 saturated carbocycles. The standard InChI is InChI=1S/C10H12N2O3.ClH/c1-15-9(13)6-12-10(14)7-3-2-4-8(11)5-7;/h2-5H,6,11H2,1H3,(H,12,14);1H. The lowest BCUT2D eigenvalue weighted by Gasteiger charge is -2.04. The lowest BCUT2D eigenvalue weighted by molar-refractivity contribution is -0.139. The van der Waals surface area contributed by atoms with E-state index in [4.69, 9.17) is 5.73 Å². The van der Waals surface area contributed by atoms with E-state index < -0.39 is 5.97 Å². The topological polar surface area (TPSA) is 81.4 Å². The van der Waals surface area contributed by atoms with E-state index in [-0.39, 0.29) is 24.9 Å². The van der Waals surface area contributed by atoms with Crippen LogP contribution in [-0.4, -0.2) is 25.5 Å².